The zero-order chi connectivity index (χ0) is 16.1. The summed E-state index contributed by atoms with van der Waals surface area (Å²) >= 11 is 0. The third-order valence-corrected chi connectivity index (χ3v) is 4.31. The fourth-order valence-electron chi connectivity index (χ4n) is 3.04. The van der Waals surface area contributed by atoms with Crippen molar-refractivity contribution >= 4 is 16.8 Å². The van der Waals surface area contributed by atoms with Crippen LogP contribution in [0.3, 0.4) is 0 Å². The van der Waals surface area contributed by atoms with Crippen molar-refractivity contribution in [3.8, 4) is 0 Å². The minimum absolute atomic E-state index is 0. The first-order valence-electron chi connectivity index (χ1n) is 8.28. The quantitative estimate of drug-likeness (QED) is 0.366. The summed E-state index contributed by atoms with van der Waals surface area (Å²) in [4.78, 5) is 0. The van der Waals surface area contributed by atoms with Crippen LogP contribution < -0.4 is 0 Å². The number of aryl methyl sites for hydroxylation is 1. The molecule has 0 aliphatic heterocycles. The Morgan fingerprint density at radius 1 is 0.920 bits per heavy atom. The number of rotatable bonds is 5. The number of allylic oxidation sites excluding steroid dienone is 1. The van der Waals surface area contributed by atoms with Gasteiger partial charge in [-0.1, -0.05) is 85.6 Å². The van der Waals surface area contributed by atoms with E-state index in [1.807, 2.05) is 0 Å². The average Bonchev–Trinajstić information content (AvgIpc) is 2.58. The first-order valence-corrected chi connectivity index (χ1v) is 8.28. The molecule has 3 aromatic carbocycles. The van der Waals surface area contributed by atoms with Gasteiger partial charge in [0.15, 0.2) is 0 Å². The second-order valence-electron chi connectivity index (χ2n) is 6.21. The maximum Gasteiger partial charge on any atom is 0 e. The molecule has 1 unspecified atom stereocenters. The van der Waals surface area contributed by atoms with E-state index in [0.29, 0.717) is 5.92 Å². The Bertz CT molecular complexity index is 816. The van der Waals surface area contributed by atoms with Gasteiger partial charge in [0.1, 0.15) is 0 Å². The number of benzene rings is 3. The summed E-state index contributed by atoms with van der Waals surface area (Å²) in [5.41, 5.74) is 4.00. The van der Waals surface area contributed by atoms with Crippen molar-refractivity contribution in [2.24, 2.45) is 0 Å². The molecule has 0 nitrogen and oxygen atoms in total. The van der Waals surface area contributed by atoms with Crippen molar-refractivity contribution in [1.82, 2.24) is 0 Å². The molecule has 2 heteroatoms. The van der Waals surface area contributed by atoms with Crippen LogP contribution in [-0.2, 0) is 65.4 Å². The summed E-state index contributed by atoms with van der Waals surface area (Å²) in [6.07, 6.45) is 7.68. The van der Waals surface area contributed by atoms with Crippen LogP contribution in [-0.4, -0.2) is 0 Å². The Labute approximate surface area is 202 Å². The van der Waals surface area contributed by atoms with Gasteiger partial charge in [-0.15, -0.1) is 5.56 Å². The Morgan fingerprint density at radius 2 is 1.64 bits per heavy atom. The van der Waals surface area contributed by atoms with E-state index >= 15 is 0 Å². The van der Waals surface area contributed by atoms with E-state index in [0.717, 1.165) is 6.42 Å². The third kappa shape index (κ3) is 6.44. The molecule has 25 heavy (non-hydrogen) atoms. The molecule has 3 rings (SSSR count). The van der Waals surface area contributed by atoms with Crippen molar-refractivity contribution in [3.05, 3.63) is 95.9 Å². The molecule has 0 heterocycles. The van der Waals surface area contributed by atoms with Gasteiger partial charge >= 0.3 is 0 Å². The van der Waals surface area contributed by atoms with Gasteiger partial charge in [0.05, 0.1) is 0 Å². The van der Waals surface area contributed by atoms with Crippen molar-refractivity contribution in [2.45, 2.75) is 26.2 Å². The van der Waals surface area contributed by atoms with Crippen LogP contribution in [0.4, 0.5) is 0 Å². The van der Waals surface area contributed by atoms with Gasteiger partial charge in [0, 0.05) is 65.4 Å². The summed E-state index contributed by atoms with van der Waals surface area (Å²) in [6.45, 7) is 4.43. The molecule has 0 saturated heterocycles. The Morgan fingerprint density at radius 3 is 2.44 bits per heavy atom. The van der Waals surface area contributed by atoms with E-state index in [1.54, 1.807) is 0 Å². The van der Waals surface area contributed by atoms with Crippen LogP contribution in [0, 0.1) is 13.3 Å². The molecule has 0 N–H and O–H groups in total. The topological polar surface area (TPSA) is 0 Å². The van der Waals surface area contributed by atoms with E-state index < -0.39 is 0 Å². The summed E-state index contributed by atoms with van der Waals surface area (Å²) in [5.74, 6) is 0.517. The predicted molar refractivity (Wildman–Crippen MR) is 101 cm³/mol. The molecule has 0 aliphatic rings. The van der Waals surface area contributed by atoms with Gasteiger partial charge in [-0.3, -0.25) is 0 Å². The maximum absolute atomic E-state index is 2.30. The second-order valence-corrected chi connectivity index (χ2v) is 6.21. The Hall–Kier alpha value is -0.262. The van der Waals surface area contributed by atoms with Crippen LogP contribution in [0.25, 0.3) is 16.8 Å². The summed E-state index contributed by atoms with van der Waals surface area (Å²) in [5, 5.41) is 2.70. The van der Waals surface area contributed by atoms with Gasteiger partial charge in [0.25, 0.3) is 0 Å². The fraction of sp³-hybridized carbons (Fsp3) is 0.174. The van der Waals surface area contributed by atoms with Crippen molar-refractivity contribution in [3.63, 3.8) is 0 Å². The maximum atomic E-state index is 2.30. The smallest absolute Gasteiger partial charge is 0 e. The molecule has 0 aliphatic carbocycles. The average molecular weight is 477 g/mol. The van der Waals surface area contributed by atoms with Crippen LogP contribution in [0.1, 0.15) is 36.0 Å². The molecule has 0 spiro atoms. The molecule has 122 valence electrons. The van der Waals surface area contributed by atoms with E-state index in [1.165, 1.54) is 27.5 Å². The zero-order valence-corrected chi connectivity index (χ0v) is 20.7. The number of hydrogen-bond donors (Lipinski definition) is 0. The minimum atomic E-state index is 0. The fourth-order valence-corrected chi connectivity index (χ4v) is 3.04. The Kier molecular flexibility index (Phi) is 10.4. The van der Waals surface area contributed by atoms with Gasteiger partial charge in [-0.2, -0.15) is 0 Å². The second kappa shape index (κ2) is 11.5. The molecule has 2 radical (unpaired) electrons. The van der Waals surface area contributed by atoms with Crippen LogP contribution >= 0.6 is 0 Å². The zero-order valence-electron chi connectivity index (χ0n) is 15.0. The van der Waals surface area contributed by atoms with Crippen LogP contribution in [0.2, 0.25) is 0 Å². The number of hydrogen-bond acceptors (Lipinski definition) is 0. The SMILES string of the molecule is Cc1cccc(/C=C/[CH-]CC(C)c2cccc3ccccc23)c1.[Y].[Y]. The van der Waals surface area contributed by atoms with E-state index in [9.17, 15) is 0 Å². The van der Waals surface area contributed by atoms with Gasteiger partial charge in [-0.25, -0.2) is 18.6 Å². The Balaban J connectivity index is 0.00000156. The minimum Gasteiger partial charge on any atom is -0.230 e. The molecule has 0 saturated carbocycles. The van der Waals surface area contributed by atoms with E-state index in [2.05, 4.69) is 99.2 Å². The molecule has 0 bridgehead atoms. The van der Waals surface area contributed by atoms with Gasteiger partial charge in [0.2, 0.25) is 0 Å². The largest absolute Gasteiger partial charge is 0.230 e. The summed E-state index contributed by atoms with van der Waals surface area (Å²) in [6, 6.07) is 23.8. The van der Waals surface area contributed by atoms with E-state index in [-0.39, 0.29) is 65.4 Å². The summed E-state index contributed by atoms with van der Waals surface area (Å²) < 4.78 is 0. The summed E-state index contributed by atoms with van der Waals surface area (Å²) in [7, 11) is 0. The molecule has 3 aromatic rings. The van der Waals surface area contributed by atoms with Crippen molar-refractivity contribution in [2.75, 3.05) is 0 Å². The normalized spacial score (nSPS) is 11.6. The van der Waals surface area contributed by atoms with Gasteiger partial charge in [-0.05, 0) is 29.2 Å². The van der Waals surface area contributed by atoms with Crippen molar-refractivity contribution < 1.29 is 65.4 Å². The molecular weight excluding hydrogens is 454 g/mol. The molecule has 0 amide bonds. The third-order valence-electron chi connectivity index (χ3n) is 4.31. The number of fused-ring (bicyclic) bond motifs is 1. The van der Waals surface area contributed by atoms with Crippen LogP contribution in [0.15, 0.2) is 72.8 Å². The first kappa shape index (κ1) is 22.8. The van der Waals surface area contributed by atoms with Gasteiger partial charge < -0.3 is 0 Å². The van der Waals surface area contributed by atoms with E-state index in [4.69, 9.17) is 0 Å². The molecule has 1 atom stereocenters. The molecular formula is C23H23Y2-. The van der Waals surface area contributed by atoms with Crippen molar-refractivity contribution in [1.29, 1.82) is 0 Å². The molecule has 0 fully saturated rings. The monoisotopic (exact) mass is 477 g/mol. The van der Waals surface area contributed by atoms with Crippen LogP contribution in [0.5, 0.6) is 0 Å². The predicted octanol–water partition coefficient (Wildman–Crippen LogP) is 6.55. The first-order chi connectivity index (χ1) is 11.2. The standard InChI is InChI=1S/C23H23.2Y/c1-18-9-7-12-20(17-18)11-4-3-10-19(2)22-16-8-14-21-13-5-6-15-23(21)22;;/h3-9,11-17,19H,10H2,1-2H3;;/q-1;;/b11-4+;;. The molecule has 0 aromatic heterocycles.